The highest BCUT2D eigenvalue weighted by atomic mass is 15.1. The molecule has 0 fully saturated rings. The Hall–Kier alpha value is -1.33. The molecule has 80 valence electrons. The van der Waals surface area contributed by atoms with Gasteiger partial charge < -0.3 is 0 Å². The van der Waals surface area contributed by atoms with Crippen LogP contribution in [0.15, 0.2) is 24.3 Å². The average Bonchev–Trinajstić information content (AvgIpc) is 2.22. The third-order valence-electron chi connectivity index (χ3n) is 2.69. The molecule has 0 saturated heterocycles. The Labute approximate surface area is 92.1 Å². The standard InChI is InChI=1S/C13H18N2/c1-11-4-6-13(7-5-11)10-15(3)12(2)8-9-14/h4-7,12H,8,10H2,1-3H3. The fourth-order valence-corrected chi connectivity index (χ4v) is 1.43. The van der Waals surface area contributed by atoms with E-state index >= 15 is 0 Å². The maximum atomic E-state index is 8.61. The molecule has 2 heteroatoms. The molecule has 0 bridgehead atoms. The molecule has 1 atom stereocenters. The number of hydrogen-bond acceptors (Lipinski definition) is 2. The summed E-state index contributed by atoms with van der Waals surface area (Å²) in [6.45, 7) is 5.08. The van der Waals surface area contributed by atoms with Crippen molar-refractivity contribution in [2.75, 3.05) is 7.05 Å². The molecule has 0 amide bonds. The van der Waals surface area contributed by atoms with Crippen molar-refractivity contribution in [3.05, 3.63) is 35.4 Å². The van der Waals surface area contributed by atoms with Crippen LogP contribution in [0.25, 0.3) is 0 Å². The molecule has 15 heavy (non-hydrogen) atoms. The summed E-state index contributed by atoms with van der Waals surface area (Å²) in [6.07, 6.45) is 0.586. The van der Waals surface area contributed by atoms with Gasteiger partial charge in [0.15, 0.2) is 0 Å². The van der Waals surface area contributed by atoms with Crippen molar-refractivity contribution >= 4 is 0 Å². The molecule has 0 aliphatic heterocycles. The van der Waals surface area contributed by atoms with Gasteiger partial charge in [-0.3, -0.25) is 4.90 Å². The van der Waals surface area contributed by atoms with Gasteiger partial charge in [-0.05, 0) is 26.5 Å². The first-order chi connectivity index (χ1) is 7.13. The lowest BCUT2D eigenvalue weighted by Gasteiger charge is -2.22. The first-order valence-electron chi connectivity index (χ1n) is 5.26. The molecule has 1 aromatic carbocycles. The van der Waals surface area contributed by atoms with Crippen molar-refractivity contribution in [2.24, 2.45) is 0 Å². The van der Waals surface area contributed by atoms with E-state index in [-0.39, 0.29) is 0 Å². The second-order valence-corrected chi connectivity index (χ2v) is 4.11. The Bertz CT molecular complexity index is 335. The van der Waals surface area contributed by atoms with E-state index in [1.807, 2.05) is 0 Å². The monoisotopic (exact) mass is 202 g/mol. The zero-order valence-electron chi connectivity index (χ0n) is 9.70. The zero-order chi connectivity index (χ0) is 11.3. The van der Waals surface area contributed by atoms with Crippen molar-refractivity contribution in [1.29, 1.82) is 5.26 Å². The minimum absolute atomic E-state index is 0.316. The summed E-state index contributed by atoms with van der Waals surface area (Å²) in [5, 5.41) is 8.61. The van der Waals surface area contributed by atoms with Crippen LogP contribution >= 0.6 is 0 Å². The maximum absolute atomic E-state index is 8.61. The SMILES string of the molecule is Cc1ccc(CN(C)C(C)CC#N)cc1. The summed E-state index contributed by atoms with van der Waals surface area (Å²) < 4.78 is 0. The molecular weight excluding hydrogens is 184 g/mol. The lowest BCUT2D eigenvalue weighted by atomic mass is 10.1. The minimum Gasteiger partial charge on any atom is -0.298 e. The summed E-state index contributed by atoms with van der Waals surface area (Å²) >= 11 is 0. The van der Waals surface area contributed by atoms with Crippen LogP contribution in [0, 0.1) is 18.3 Å². The molecule has 0 heterocycles. The summed E-state index contributed by atoms with van der Waals surface area (Å²) in [5.41, 5.74) is 2.58. The fourth-order valence-electron chi connectivity index (χ4n) is 1.43. The van der Waals surface area contributed by atoms with E-state index in [4.69, 9.17) is 5.26 Å². The second kappa shape index (κ2) is 5.53. The van der Waals surface area contributed by atoms with Crippen LogP contribution in [0.5, 0.6) is 0 Å². The van der Waals surface area contributed by atoms with Crippen LogP contribution in [0.2, 0.25) is 0 Å². The Morgan fingerprint density at radius 1 is 1.33 bits per heavy atom. The predicted octanol–water partition coefficient (Wildman–Crippen LogP) is 2.73. The zero-order valence-corrected chi connectivity index (χ0v) is 9.70. The molecule has 1 rings (SSSR count). The molecule has 0 aliphatic carbocycles. The quantitative estimate of drug-likeness (QED) is 0.750. The Kier molecular flexibility index (Phi) is 4.33. The largest absolute Gasteiger partial charge is 0.298 e. The van der Waals surface area contributed by atoms with Gasteiger partial charge in [-0.15, -0.1) is 0 Å². The number of nitriles is 1. The van der Waals surface area contributed by atoms with E-state index in [1.54, 1.807) is 0 Å². The highest BCUT2D eigenvalue weighted by Crippen LogP contribution is 2.09. The van der Waals surface area contributed by atoms with Gasteiger partial charge in [0, 0.05) is 12.6 Å². The molecular formula is C13H18N2. The highest BCUT2D eigenvalue weighted by molar-refractivity contribution is 5.21. The molecule has 1 unspecified atom stereocenters. The van der Waals surface area contributed by atoms with E-state index < -0.39 is 0 Å². The van der Waals surface area contributed by atoms with Gasteiger partial charge >= 0.3 is 0 Å². The summed E-state index contributed by atoms with van der Waals surface area (Å²) in [5.74, 6) is 0. The van der Waals surface area contributed by atoms with E-state index in [2.05, 4.69) is 56.1 Å². The van der Waals surface area contributed by atoms with Gasteiger partial charge in [0.2, 0.25) is 0 Å². The van der Waals surface area contributed by atoms with Gasteiger partial charge in [0.25, 0.3) is 0 Å². The third-order valence-corrected chi connectivity index (χ3v) is 2.69. The number of rotatable bonds is 4. The van der Waals surface area contributed by atoms with Crippen LogP contribution in [0.4, 0.5) is 0 Å². The first-order valence-corrected chi connectivity index (χ1v) is 5.26. The van der Waals surface area contributed by atoms with Crippen molar-refractivity contribution in [3.8, 4) is 6.07 Å². The summed E-state index contributed by atoms with van der Waals surface area (Å²) in [7, 11) is 2.06. The van der Waals surface area contributed by atoms with Gasteiger partial charge in [0.05, 0.1) is 12.5 Å². The van der Waals surface area contributed by atoms with Crippen molar-refractivity contribution in [3.63, 3.8) is 0 Å². The number of hydrogen-bond donors (Lipinski definition) is 0. The van der Waals surface area contributed by atoms with E-state index in [0.717, 1.165) is 6.54 Å². The van der Waals surface area contributed by atoms with Gasteiger partial charge in [-0.1, -0.05) is 29.8 Å². The van der Waals surface area contributed by atoms with Gasteiger partial charge in [0.1, 0.15) is 0 Å². The fraction of sp³-hybridized carbons (Fsp3) is 0.462. The van der Waals surface area contributed by atoms with Crippen LogP contribution in [0.1, 0.15) is 24.5 Å². The van der Waals surface area contributed by atoms with Gasteiger partial charge in [-0.2, -0.15) is 5.26 Å². The Morgan fingerprint density at radius 3 is 2.47 bits per heavy atom. The van der Waals surface area contributed by atoms with Gasteiger partial charge in [-0.25, -0.2) is 0 Å². The van der Waals surface area contributed by atoms with E-state index in [9.17, 15) is 0 Å². The van der Waals surface area contributed by atoms with Crippen molar-refractivity contribution in [1.82, 2.24) is 4.90 Å². The molecule has 0 spiro atoms. The minimum atomic E-state index is 0.316. The van der Waals surface area contributed by atoms with Crippen molar-refractivity contribution < 1.29 is 0 Å². The highest BCUT2D eigenvalue weighted by Gasteiger charge is 2.08. The summed E-state index contributed by atoms with van der Waals surface area (Å²) in [6, 6.07) is 11.1. The molecule has 0 radical (unpaired) electrons. The van der Waals surface area contributed by atoms with Crippen LogP contribution in [0.3, 0.4) is 0 Å². The smallest absolute Gasteiger partial charge is 0.0638 e. The Balaban J connectivity index is 2.55. The third kappa shape index (κ3) is 3.73. The summed E-state index contributed by atoms with van der Waals surface area (Å²) in [4.78, 5) is 2.20. The maximum Gasteiger partial charge on any atom is 0.0638 e. The van der Waals surface area contributed by atoms with Crippen molar-refractivity contribution in [2.45, 2.75) is 32.9 Å². The molecule has 0 saturated carbocycles. The lowest BCUT2D eigenvalue weighted by molar-refractivity contribution is 0.252. The predicted molar refractivity (Wildman–Crippen MR) is 62.3 cm³/mol. The molecule has 1 aromatic rings. The van der Waals surface area contributed by atoms with E-state index in [0.29, 0.717) is 12.5 Å². The first kappa shape index (κ1) is 11.7. The van der Waals surface area contributed by atoms with E-state index in [1.165, 1.54) is 11.1 Å². The van der Waals surface area contributed by atoms with Crippen LogP contribution in [-0.2, 0) is 6.54 Å². The number of nitrogens with zero attached hydrogens (tertiary/aromatic N) is 2. The second-order valence-electron chi connectivity index (χ2n) is 4.11. The molecule has 0 aliphatic rings. The number of benzene rings is 1. The topological polar surface area (TPSA) is 27.0 Å². The lowest BCUT2D eigenvalue weighted by Crippen LogP contribution is -2.28. The molecule has 0 N–H and O–H groups in total. The molecule has 0 aromatic heterocycles. The van der Waals surface area contributed by atoms with Crippen LogP contribution < -0.4 is 0 Å². The number of aryl methyl sites for hydroxylation is 1. The molecule has 2 nitrogen and oxygen atoms in total. The normalized spacial score (nSPS) is 12.5. The van der Waals surface area contributed by atoms with Crippen LogP contribution in [-0.4, -0.2) is 18.0 Å². The average molecular weight is 202 g/mol. The Morgan fingerprint density at radius 2 is 1.93 bits per heavy atom.